The zero-order valence-electron chi connectivity index (χ0n) is 11.4. The molecular weight excluding hydrogens is 324 g/mol. The second-order valence-electron chi connectivity index (χ2n) is 4.69. The number of nitrogens with one attached hydrogen (secondary N) is 1. The van der Waals surface area contributed by atoms with Crippen LogP contribution in [0.1, 0.15) is 29.7 Å². The zero-order valence-corrected chi connectivity index (χ0v) is 13.0. The highest BCUT2D eigenvalue weighted by Gasteiger charge is 2.17. The summed E-state index contributed by atoms with van der Waals surface area (Å²) in [6.45, 7) is 4.66. The molecule has 0 saturated heterocycles. The van der Waals surface area contributed by atoms with E-state index in [4.69, 9.17) is 0 Å². The molecular formula is C16H16BrF2N. The predicted octanol–water partition coefficient (Wildman–Crippen LogP) is 4.73. The second-order valence-corrected chi connectivity index (χ2v) is 5.61. The maximum atomic E-state index is 13.4. The minimum absolute atomic E-state index is 0.234. The summed E-state index contributed by atoms with van der Waals surface area (Å²) in [5, 5.41) is 3.28. The molecule has 1 atom stereocenters. The number of hydrogen-bond acceptors (Lipinski definition) is 1. The molecule has 4 heteroatoms. The topological polar surface area (TPSA) is 12.0 Å². The van der Waals surface area contributed by atoms with Gasteiger partial charge in [-0.15, -0.1) is 0 Å². The molecule has 0 heterocycles. The summed E-state index contributed by atoms with van der Waals surface area (Å²) in [5.74, 6) is -1.12. The second kappa shape index (κ2) is 6.46. The summed E-state index contributed by atoms with van der Waals surface area (Å²) in [7, 11) is 0. The van der Waals surface area contributed by atoms with Crippen molar-refractivity contribution < 1.29 is 8.78 Å². The first-order valence-corrected chi connectivity index (χ1v) is 7.26. The van der Waals surface area contributed by atoms with Crippen LogP contribution in [0.5, 0.6) is 0 Å². The fourth-order valence-electron chi connectivity index (χ4n) is 2.28. The Bertz CT molecular complexity index is 593. The molecule has 0 radical (unpaired) electrons. The summed E-state index contributed by atoms with van der Waals surface area (Å²) in [6.07, 6.45) is 0. The van der Waals surface area contributed by atoms with Gasteiger partial charge in [0.2, 0.25) is 0 Å². The van der Waals surface area contributed by atoms with Gasteiger partial charge < -0.3 is 5.32 Å². The molecule has 0 aliphatic rings. The van der Waals surface area contributed by atoms with Gasteiger partial charge in [-0.1, -0.05) is 28.9 Å². The monoisotopic (exact) mass is 339 g/mol. The molecule has 1 unspecified atom stereocenters. The molecule has 0 saturated carbocycles. The molecule has 106 valence electrons. The van der Waals surface area contributed by atoms with E-state index in [2.05, 4.69) is 21.2 Å². The van der Waals surface area contributed by atoms with E-state index in [1.54, 1.807) is 0 Å². The van der Waals surface area contributed by atoms with Gasteiger partial charge in [-0.2, -0.15) is 0 Å². The summed E-state index contributed by atoms with van der Waals surface area (Å²) >= 11 is 3.44. The molecule has 2 rings (SSSR count). The number of rotatable bonds is 4. The first-order valence-electron chi connectivity index (χ1n) is 6.46. The highest BCUT2D eigenvalue weighted by Crippen LogP contribution is 2.28. The largest absolute Gasteiger partial charge is 0.307 e. The van der Waals surface area contributed by atoms with Crippen molar-refractivity contribution in [3.63, 3.8) is 0 Å². The molecule has 2 aromatic carbocycles. The lowest BCUT2D eigenvalue weighted by molar-refractivity contribution is 0.564. The smallest absolute Gasteiger partial charge is 0.126 e. The van der Waals surface area contributed by atoms with Gasteiger partial charge in [0, 0.05) is 10.5 Å². The summed E-state index contributed by atoms with van der Waals surface area (Å²) in [6, 6.07) is 9.31. The highest BCUT2D eigenvalue weighted by atomic mass is 79.9. The fourth-order valence-corrected chi connectivity index (χ4v) is 2.65. The van der Waals surface area contributed by atoms with Crippen LogP contribution >= 0.6 is 15.9 Å². The molecule has 0 amide bonds. The van der Waals surface area contributed by atoms with Crippen molar-refractivity contribution in [2.24, 2.45) is 0 Å². The maximum Gasteiger partial charge on any atom is 0.126 e. The Morgan fingerprint density at radius 3 is 2.35 bits per heavy atom. The average molecular weight is 340 g/mol. The van der Waals surface area contributed by atoms with Crippen molar-refractivity contribution >= 4 is 15.9 Å². The van der Waals surface area contributed by atoms with Crippen molar-refractivity contribution in [2.45, 2.75) is 19.9 Å². The van der Waals surface area contributed by atoms with Crippen LogP contribution in [-0.2, 0) is 0 Å². The Labute approximate surface area is 126 Å². The number of aryl methyl sites for hydroxylation is 1. The lowest BCUT2D eigenvalue weighted by Gasteiger charge is -2.21. The first kappa shape index (κ1) is 15.1. The van der Waals surface area contributed by atoms with E-state index in [0.717, 1.165) is 21.7 Å². The zero-order chi connectivity index (χ0) is 14.7. The third-order valence-corrected chi connectivity index (χ3v) is 3.67. The van der Waals surface area contributed by atoms with E-state index in [0.29, 0.717) is 12.1 Å². The molecule has 2 aromatic rings. The van der Waals surface area contributed by atoms with Crippen molar-refractivity contribution in [1.82, 2.24) is 5.32 Å². The quantitative estimate of drug-likeness (QED) is 0.848. The number of halogens is 3. The average Bonchev–Trinajstić information content (AvgIpc) is 2.38. The van der Waals surface area contributed by atoms with Gasteiger partial charge in [-0.3, -0.25) is 0 Å². The third-order valence-electron chi connectivity index (χ3n) is 3.18. The van der Waals surface area contributed by atoms with Gasteiger partial charge in [-0.05, 0) is 54.4 Å². The van der Waals surface area contributed by atoms with Gasteiger partial charge in [0.05, 0.1) is 6.04 Å². The lowest BCUT2D eigenvalue weighted by Crippen LogP contribution is -2.23. The van der Waals surface area contributed by atoms with Crippen LogP contribution in [0, 0.1) is 18.6 Å². The van der Waals surface area contributed by atoms with Gasteiger partial charge in [0.25, 0.3) is 0 Å². The van der Waals surface area contributed by atoms with Crippen LogP contribution in [0.15, 0.2) is 40.9 Å². The fraction of sp³-hybridized carbons (Fsp3) is 0.250. The van der Waals surface area contributed by atoms with Crippen LogP contribution in [0.4, 0.5) is 8.78 Å². The normalized spacial score (nSPS) is 12.4. The molecule has 0 aromatic heterocycles. The molecule has 0 bridgehead atoms. The molecule has 0 aliphatic heterocycles. The van der Waals surface area contributed by atoms with Crippen molar-refractivity contribution in [3.8, 4) is 0 Å². The van der Waals surface area contributed by atoms with Gasteiger partial charge in [-0.25, -0.2) is 8.78 Å². The third kappa shape index (κ3) is 3.44. The molecule has 0 fully saturated rings. The standard InChI is InChI=1S/C16H16BrF2N/c1-3-20-16(11-6-13(18)9-14(19)7-11)15-8-12(17)5-4-10(15)2/h4-9,16,20H,3H2,1-2H3. The van der Waals surface area contributed by atoms with E-state index in [9.17, 15) is 8.78 Å². The molecule has 0 spiro atoms. The van der Waals surface area contributed by atoms with Crippen LogP contribution in [0.2, 0.25) is 0 Å². The van der Waals surface area contributed by atoms with E-state index in [-0.39, 0.29) is 6.04 Å². The molecule has 1 N–H and O–H groups in total. The SMILES string of the molecule is CCNC(c1cc(F)cc(F)c1)c1cc(Br)ccc1C. The summed E-state index contributed by atoms with van der Waals surface area (Å²) in [4.78, 5) is 0. The molecule has 0 aliphatic carbocycles. The van der Waals surface area contributed by atoms with E-state index in [1.165, 1.54) is 12.1 Å². The predicted molar refractivity (Wildman–Crippen MR) is 80.8 cm³/mol. The Balaban J connectivity index is 2.52. The maximum absolute atomic E-state index is 13.4. The Hall–Kier alpha value is -1.26. The van der Waals surface area contributed by atoms with E-state index in [1.807, 2.05) is 32.0 Å². The minimum atomic E-state index is -0.560. The highest BCUT2D eigenvalue weighted by molar-refractivity contribution is 9.10. The van der Waals surface area contributed by atoms with E-state index >= 15 is 0 Å². The van der Waals surface area contributed by atoms with E-state index < -0.39 is 11.6 Å². The minimum Gasteiger partial charge on any atom is -0.307 e. The van der Waals surface area contributed by atoms with Gasteiger partial charge in [0.1, 0.15) is 11.6 Å². The van der Waals surface area contributed by atoms with Gasteiger partial charge in [0.15, 0.2) is 0 Å². The lowest BCUT2D eigenvalue weighted by atomic mass is 9.95. The van der Waals surface area contributed by atoms with Crippen LogP contribution in [0.25, 0.3) is 0 Å². The Morgan fingerprint density at radius 2 is 1.75 bits per heavy atom. The molecule has 20 heavy (non-hydrogen) atoms. The first-order chi connectivity index (χ1) is 9.51. The van der Waals surface area contributed by atoms with Gasteiger partial charge >= 0.3 is 0 Å². The van der Waals surface area contributed by atoms with Crippen molar-refractivity contribution in [3.05, 3.63) is 69.2 Å². The summed E-state index contributed by atoms with van der Waals surface area (Å²) < 4.78 is 27.8. The Kier molecular flexibility index (Phi) is 4.89. The Morgan fingerprint density at radius 1 is 1.10 bits per heavy atom. The van der Waals surface area contributed by atoms with Crippen molar-refractivity contribution in [1.29, 1.82) is 0 Å². The van der Waals surface area contributed by atoms with Crippen LogP contribution < -0.4 is 5.32 Å². The summed E-state index contributed by atoms with van der Waals surface area (Å²) in [5.41, 5.74) is 2.67. The van der Waals surface area contributed by atoms with Crippen molar-refractivity contribution in [2.75, 3.05) is 6.54 Å². The van der Waals surface area contributed by atoms with Crippen LogP contribution in [0.3, 0.4) is 0 Å². The number of hydrogen-bond donors (Lipinski definition) is 1. The number of benzene rings is 2. The van der Waals surface area contributed by atoms with Crippen LogP contribution in [-0.4, -0.2) is 6.54 Å². The molecule has 1 nitrogen and oxygen atoms in total.